The standard InChI is InChI=1S/C22H27NO5/c1-5-26-20-9-7-6-8-19(20)23-21(24)13-28-22(25)14-27-17-10-11-18(15(2)3)16(4)12-17/h6-12,15H,5,13-14H2,1-4H3,(H,23,24). The van der Waals surface area contributed by atoms with Gasteiger partial charge in [0.05, 0.1) is 12.3 Å². The summed E-state index contributed by atoms with van der Waals surface area (Å²) in [5.41, 5.74) is 2.87. The van der Waals surface area contributed by atoms with Crippen molar-refractivity contribution in [3.63, 3.8) is 0 Å². The van der Waals surface area contributed by atoms with Crippen LogP contribution in [0.1, 0.15) is 37.8 Å². The number of nitrogens with one attached hydrogen (secondary N) is 1. The second-order valence-electron chi connectivity index (χ2n) is 6.60. The first kappa shape index (κ1) is 21.3. The van der Waals surface area contributed by atoms with Crippen molar-refractivity contribution in [1.82, 2.24) is 0 Å². The molecule has 0 radical (unpaired) electrons. The smallest absolute Gasteiger partial charge is 0.344 e. The van der Waals surface area contributed by atoms with Gasteiger partial charge in [-0.1, -0.05) is 32.0 Å². The van der Waals surface area contributed by atoms with E-state index in [-0.39, 0.29) is 6.61 Å². The van der Waals surface area contributed by atoms with Crippen LogP contribution in [0.5, 0.6) is 11.5 Å². The van der Waals surface area contributed by atoms with Crippen molar-refractivity contribution in [1.29, 1.82) is 0 Å². The summed E-state index contributed by atoms with van der Waals surface area (Å²) in [5.74, 6) is 0.518. The minimum absolute atomic E-state index is 0.261. The van der Waals surface area contributed by atoms with Crippen LogP contribution in [0.15, 0.2) is 42.5 Å². The van der Waals surface area contributed by atoms with E-state index in [1.165, 1.54) is 5.56 Å². The molecule has 0 aliphatic heterocycles. The molecule has 0 aliphatic carbocycles. The van der Waals surface area contributed by atoms with E-state index in [2.05, 4.69) is 19.2 Å². The zero-order valence-corrected chi connectivity index (χ0v) is 16.8. The molecule has 0 unspecified atom stereocenters. The Morgan fingerprint density at radius 2 is 1.79 bits per heavy atom. The monoisotopic (exact) mass is 385 g/mol. The van der Waals surface area contributed by atoms with Crippen LogP contribution in [0.3, 0.4) is 0 Å². The summed E-state index contributed by atoms with van der Waals surface area (Å²) in [6.07, 6.45) is 0. The molecule has 6 nitrogen and oxygen atoms in total. The molecule has 1 amide bonds. The van der Waals surface area contributed by atoms with E-state index in [4.69, 9.17) is 14.2 Å². The largest absolute Gasteiger partial charge is 0.492 e. The average molecular weight is 385 g/mol. The van der Waals surface area contributed by atoms with Gasteiger partial charge in [0.1, 0.15) is 11.5 Å². The van der Waals surface area contributed by atoms with Gasteiger partial charge in [0.25, 0.3) is 5.91 Å². The van der Waals surface area contributed by atoms with Crippen molar-refractivity contribution in [2.24, 2.45) is 0 Å². The van der Waals surface area contributed by atoms with Crippen molar-refractivity contribution in [3.8, 4) is 11.5 Å². The molecule has 150 valence electrons. The van der Waals surface area contributed by atoms with E-state index in [0.717, 1.165) is 5.56 Å². The lowest BCUT2D eigenvalue weighted by Gasteiger charge is -2.13. The molecule has 0 heterocycles. The first-order valence-corrected chi connectivity index (χ1v) is 9.31. The van der Waals surface area contributed by atoms with Crippen molar-refractivity contribution < 1.29 is 23.8 Å². The fraction of sp³-hybridized carbons (Fsp3) is 0.364. The number of hydrogen-bond donors (Lipinski definition) is 1. The Kier molecular flexibility index (Phi) is 7.87. The van der Waals surface area contributed by atoms with E-state index >= 15 is 0 Å². The summed E-state index contributed by atoms with van der Waals surface area (Å²) in [4.78, 5) is 23.9. The summed E-state index contributed by atoms with van der Waals surface area (Å²) < 4.78 is 15.9. The molecule has 28 heavy (non-hydrogen) atoms. The number of benzene rings is 2. The highest BCUT2D eigenvalue weighted by atomic mass is 16.6. The van der Waals surface area contributed by atoms with Crippen molar-refractivity contribution in [3.05, 3.63) is 53.6 Å². The molecule has 2 aromatic rings. The lowest BCUT2D eigenvalue weighted by molar-refractivity contribution is -0.149. The molecular formula is C22H27NO5. The van der Waals surface area contributed by atoms with E-state index in [1.807, 2.05) is 38.1 Å². The zero-order valence-electron chi connectivity index (χ0n) is 16.8. The van der Waals surface area contributed by atoms with Gasteiger partial charge in [-0.3, -0.25) is 4.79 Å². The van der Waals surface area contributed by atoms with Crippen LogP contribution in [0.4, 0.5) is 5.69 Å². The third kappa shape index (κ3) is 6.30. The third-order valence-electron chi connectivity index (χ3n) is 4.05. The topological polar surface area (TPSA) is 73.9 Å². The normalized spacial score (nSPS) is 10.5. The molecule has 0 spiro atoms. The van der Waals surface area contributed by atoms with Crippen LogP contribution in [0.2, 0.25) is 0 Å². The molecule has 0 bridgehead atoms. The predicted octanol–water partition coefficient (Wildman–Crippen LogP) is 4.08. The third-order valence-corrected chi connectivity index (χ3v) is 4.05. The summed E-state index contributed by atoms with van der Waals surface area (Å²) in [6, 6.07) is 12.8. The molecule has 6 heteroatoms. The van der Waals surface area contributed by atoms with Gasteiger partial charge in [-0.25, -0.2) is 4.79 Å². The van der Waals surface area contributed by atoms with Crippen LogP contribution < -0.4 is 14.8 Å². The summed E-state index contributed by atoms with van der Waals surface area (Å²) in [7, 11) is 0. The van der Waals surface area contributed by atoms with Crippen molar-refractivity contribution in [2.45, 2.75) is 33.6 Å². The van der Waals surface area contributed by atoms with Crippen molar-refractivity contribution >= 4 is 17.6 Å². The summed E-state index contributed by atoms with van der Waals surface area (Å²) >= 11 is 0. The van der Waals surface area contributed by atoms with E-state index in [1.54, 1.807) is 18.2 Å². The lowest BCUT2D eigenvalue weighted by Crippen LogP contribution is -2.24. The highest BCUT2D eigenvalue weighted by Crippen LogP contribution is 2.24. The molecule has 0 saturated carbocycles. The van der Waals surface area contributed by atoms with Gasteiger partial charge in [-0.15, -0.1) is 0 Å². The van der Waals surface area contributed by atoms with Gasteiger partial charge < -0.3 is 19.5 Å². The number of ether oxygens (including phenoxy) is 3. The summed E-state index contributed by atoms with van der Waals surface area (Å²) in [5, 5.41) is 2.67. The Balaban J connectivity index is 1.79. The maximum atomic E-state index is 12.0. The fourth-order valence-electron chi connectivity index (χ4n) is 2.75. The number of esters is 1. The van der Waals surface area contributed by atoms with E-state index < -0.39 is 18.5 Å². The quantitative estimate of drug-likeness (QED) is 0.659. The van der Waals surface area contributed by atoms with Gasteiger partial charge in [-0.05, 0) is 55.2 Å². The van der Waals surface area contributed by atoms with Gasteiger partial charge in [0.15, 0.2) is 13.2 Å². The number of anilines is 1. The number of carbonyl (C=O) groups is 2. The molecule has 0 fully saturated rings. The molecule has 0 aromatic heterocycles. The maximum Gasteiger partial charge on any atom is 0.344 e. The molecular weight excluding hydrogens is 358 g/mol. The second kappa shape index (κ2) is 10.3. The number of hydrogen-bond acceptors (Lipinski definition) is 5. The Morgan fingerprint density at radius 1 is 1.04 bits per heavy atom. The van der Waals surface area contributed by atoms with Crippen LogP contribution in [-0.2, 0) is 14.3 Å². The lowest BCUT2D eigenvalue weighted by atomic mass is 9.98. The van der Waals surface area contributed by atoms with Crippen LogP contribution in [0.25, 0.3) is 0 Å². The zero-order chi connectivity index (χ0) is 20.5. The maximum absolute atomic E-state index is 12.0. The van der Waals surface area contributed by atoms with Gasteiger partial charge >= 0.3 is 5.97 Å². The number of amides is 1. The predicted molar refractivity (Wildman–Crippen MR) is 108 cm³/mol. The number of rotatable bonds is 9. The molecule has 0 atom stereocenters. The molecule has 2 rings (SSSR count). The Morgan fingerprint density at radius 3 is 2.46 bits per heavy atom. The SMILES string of the molecule is CCOc1ccccc1NC(=O)COC(=O)COc1ccc(C(C)C)c(C)c1. The minimum atomic E-state index is -0.612. The van der Waals surface area contributed by atoms with Gasteiger partial charge in [0, 0.05) is 0 Å². The van der Waals surface area contributed by atoms with Crippen molar-refractivity contribution in [2.75, 3.05) is 25.1 Å². The number of para-hydroxylation sites is 2. The first-order valence-electron chi connectivity index (χ1n) is 9.31. The highest BCUT2D eigenvalue weighted by molar-refractivity contribution is 5.94. The second-order valence-corrected chi connectivity index (χ2v) is 6.60. The van der Waals surface area contributed by atoms with E-state index in [9.17, 15) is 9.59 Å². The summed E-state index contributed by atoms with van der Waals surface area (Å²) in [6.45, 7) is 7.94. The minimum Gasteiger partial charge on any atom is -0.492 e. The Bertz CT molecular complexity index is 816. The molecule has 0 aliphatic rings. The number of carbonyl (C=O) groups excluding carboxylic acids is 2. The van der Waals surface area contributed by atoms with Crippen LogP contribution in [-0.4, -0.2) is 31.7 Å². The Labute approximate surface area is 165 Å². The average Bonchev–Trinajstić information content (AvgIpc) is 2.66. The molecule has 1 N–H and O–H groups in total. The number of aryl methyl sites for hydroxylation is 1. The van der Waals surface area contributed by atoms with Gasteiger partial charge in [0.2, 0.25) is 0 Å². The van der Waals surface area contributed by atoms with E-state index in [0.29, 0.717) is 29.7 Å². The Hall–Kier alpha value is -3.02. The molecule has 2 aromatic carbocycles. The van der Waals surface area contributed by atoms with Gasteiger partial charge in [-0.2, -0.15) is 0 Å². The fourth-order valence-corrected chi connectivity index (χ4v) is 2.75. The molecule has 0 saturated heterocycles. The first-order chi connectivity index (χ1) is 13.4. The van der Waals surface area contributed by atoms with Crippen LogP contribution in [0, 0.1) is 6.92 Å². The van der Waals surface area contributed by atoms with Crippen LogP contribution >= 0.6 is 0 Å². The highest BCUT2D eigenvalue weighted by Gasteiger charge is 2.12.